The van der Waals surface area contributed by atoms with Crippen molar-refractivity contribution < 1.29 is 62.0 Å². The Kier molecular flexibility index (Phi) is 5.34. The van der Waals surface area contributed by atoms with E-state index in [0.717, 1.165) is 11.1 Å². The van der Waals surface area contributed by atoms with Crippen LogP contribution in [0.5, 0.6) is 0 Å². The second-order valence-corrected chi connectivity index (χ2v) is 8.37. The van der Waals surface area contributed by atoms with E-state index in [1.807, 2.05) is 0 Å². The maximum atomic E-state index is 12.5. The number of β-lactam (4-membered cyclic amide) rings is 1. The Labute approximate surface area is 165 Å². The summed E-state index contributed by atoms with van der Waals surface area (Å²) in [6.07, 6.45) is 0.644. The molecule has 1 amide bonds. The third-order valence-corrected chi connectivity index (χ3v) is 6.90. The van der Waals surface area contributed by atoms with Crippen LogP contribution in [-0.2, 0) is 30.9 Å². The Morgan fingerprint density at radius 3 is 2.84 bits per heavy atom. The molecule has 130 valence electrons. The van der Waals surface area contributed by atoms with Crippen LogP contribution in [0, 0.1) is 6.92 Å². The van der Waals surface area contributed by atoms with E-state index in [4.69, 9.17) is 9.36 Å². The van der Waals surface area contributed by atoms with Crippen LogP contribution >= 0.6 is 0 Å². The molecule has 0 unspecified atom stereocenters. The fourth-order valence-corrected chi connectivity index (χ4v) is 5.11. The fourth-order valence-electron chi connectivity index (χ4n) is 2.91. The standard InChI is InChI=1S/C13H15N3O7S.Na/c1-7-3-8(23-15-7)5-22-14-6-13(2)11(12(18)19)16-9(17)4-10(16)24(13,20)21;/h3,6,10-11H,4-5H2,1-2H3,(H,18,19);/q;+1/p-1/b14-6+;/t10-,11+,13+;/m1./s1. The molecular weight excluding hydrogens is 365 g/mol. The number of carbonyl (C=O) groups excluding carboxylic acids is 2. The van der Waals surface area contributed by atoms with Crippen LogP contribution in [0.15, 0.2) is 15.7 Å². The number of carboxylic acids is 1. The molecule has 2 saturated heterocycles. The number of oxime groups is 1. The van der Waals surface area contributed by atoms with E-state index in [1.54, 1.807) is 13.0 Å². The summed E-state index contributed by atoms with van der Waals surface area (Å²) in [5.74, 6) is -1.83. The second-order valence-electron chi connectivity index (χ2n) is 5.85. The van der Waals surface area contributed by atoms with Gasteiger partial charge in [0.25, 0.3) is 0 Å². The predicted molar refractivity (Wildman–Crippen MR) is 75.9 cm³/mol. The third kappa shape index (κ3) is 2.98. The van der Waals surface area contributed by atoms with E-state index in [-0.39, 0.29) is 42.6 Å². The number of aryl methyl sites for hydroxylation is 1. The van der Waals surface area contributed by atoms with Crippen molar-refractivity contribution in [3.63, 3.8) is 0 Å². The van der Waals surface area contributed by atoms with Crippen molar-refractivity contribution in [1.82, 2.24) is 10.1 Å². The Morgan fingerprint density at radius 1 is 1.64 bits per heavy atom. The zero-order valence-electron chi connectivity index (χ0n) is 13.8. The average molecular weight is 379 g/mol. The van der Waals surface area contributed by atoms with Crippen LogP contribution in [0.25, 0.3) is 0 Å². The molecule has 3 rings (SSSR count). The van der Waals surface area contributed by atoms with E-state index in [1.165, 1.54) is 6.92 Å². The molecule has 2 aliphatic rings. The van der Waals surface area contributed by atoms with Crippen molar-refractivity contribution in [3.05, 3.63) is 17.5 Å². The molecule has 0 radical (unpaired) electrons. The maximum Gasteiger partial charge on any atom is 1.00 e. The Balaban J connectivity index is 0.00000225. The van der Waals surface area contributed by atoms with E-state index in [9.17, 15) is 23.1 Å². The Morgan fingerprint density at radius 2 is 2.32 bits per heavy atom. The van der Waals surface area contributed by atoms with Crippen molar-refractivity contribution in [2.75, 3.05) is 0 Å². The smallest absolute Gasteiger partial charge is 0.548 e. The van der Waals surface area contributed by atoms with Crippen LogP contribution in [0.2, 0.25) is 0 Å². The number of aliphatic carboxylic acids is 1. The minimum Gasteiger partial charge on any atom is -0.548 e. The van der Waals surface area contributed by atoms with Gasteiger partial charge in [0, 0.05) is 6.07 Å². The van der Waals surface area contributed by atoms with Gasteiger partial charge in [-0.3, -0.25) is 4.79 Å². The largest absolute Gasteiger partial charge is 1.00 e. The molecule has 10 nitrogen and oxygen atoms in total. The number of sulfone groups is 1. The summed E-state index contributed by atoms with van der Waals surface area (Å²) in [6, 6.07) is -0.0355. The minimum atomic E-state index is -3.98. The number of nitrogens with zero attached hydrogens (tertiary/aromatic N) is 3. The van der Waals surface area contributed by atoms with Crippen LogP contribution in [0.1, 0.15) is 24.8 Å². The predicted octanol–water partition coefficient (Wildman–Crippen LogP) is -4.65. The summed E-state index contributed by atoms with van der Waals surface area (Å²) in [7, 11) is -3.98. The number of carbonyl (C=O) groups is 2. The van der Waals surface area contributed by atoms with E-state index < -0.39 is 37.9 Å². The van der Waals surface area contributed by atoms with Crippen LogP contribution < -0.4 is 34.7 Å². The van der Waals surface area contributed by atoms with Gasteiger partial charge in [-0.05, 0) is 13.8 Å². The van der Waals surface area contributed by atoms with Gasteiger partial charge in [0.05, 0.1) is 30.3 Å². The second kappa shape index (κ2) is 6.71. The molecule has 0 aliphatic carbocycles. The van der Waals surface area contributed by atoms with Crippen molar-refractivity contribution in [2.24, 2.45) is 5.16 Å². The summed E-state index contributed by atoms with van der Waals surface area (Å²) in [5, 5.41) is 17.4. The van der Waals surface area contributed by atoms with Gasteiger partial charge in [0.1, 0.15) is 10.1 Å². The molecule has 3 heterocycles. The van der Waals surface area contributed by atoms with Gasteiger partial charge in [0.2, 0.25) is 5.91 Å². The average Bonchev–Trinajstić information content (AvgIpc) is 2.95. The van der Waals surface area contributed by atoms with E-state index in [2.05, 4.69) is 10.3 Å². The first-order valence-corrected chi connectivity index (χ1v) is 8.57. The molecule has 0 aromatic carbocycles. The van der Waals surface area contributed by atoms with E-state index in [0.29, 0.717) is 11.5 Å². The Bertz CT molecular complexity index is 836. The quantitative estimate of drug-likeness (QED) is 0.215. The van der Waals surface area contributed by atoms with Gasteiger partial charge in [-0.1, -0.05) is 10.3 Å². The van der Waals surface area contributed by atoms with Crippen molar-refractivity contribution in [1.29, 1.82) is 0 Å². The number of hydrogen-bond donors (Lipinski definition) is 0. The van der Waals surface area contributed by atoms with Gasteiger partial charge in [0.15, 0.2) is 22.2 Å². The summed E-state index contributed by atoms with van der Waals surface area (Å²) >= 11 is 0. The topological polar surface area (TPSA) is 142 Å². The Hall–Kier alpha value is -1.43. The van der Waals surface area contributed by atoms with Crippen molar-refractivity contribution in [3.8, 4) is 0 Å². The molecule has 12 heteroatoms. The molecule has 0 spiro atoms. The summed E-state index contributed by atoms with van der Waals surface area (Å²) in [4.78, 5) is 28.8. The SMILES string of the molecule is Cc1cc(CO/N=C/[C@@]2(C)[C@H](C(=O)[O-])N3C(=O)C[C@H]3S2(=O)=O)on1.[Na+]. The number of aromatic nitrogens is 1. The van der Waals surface area contributed by atoms with Crippen molar-refractivity contribution in [2.45, 2.75) is 43.0 Å². The molecule has 2 fully saturated rings. The molecule has 1 aromatic heterocycles. The number of hydrogen-bond acceptors (Lipinski definition) is 9. The number of carboxylic acid groups (broad SMARTS) is 1. The number of fused-ring (bicyclic) bond motifs is 1. The number of amides is 1. The first kappa shape index (κ1) is 19.9. The first-order chi connectivity index (χ1) is 11.2. The van der Waals surface area contributed by atoms with Gasteiger partial charge in [-0.2, -0.15) is 0 Å². The molecule has 25 heavy (non-hydrogen) atoms. The zero-order valence-corrected chi connectivity index (χ0v) is 16.6. The molecule has 0 saturated carbocycles. The normalized spacial score (nSPS) is 29.8. The molecule has 0 bridgehead atoms. The molecular formula is C13H14N3NaO7S. The van der Waals surface area contributed by atoms with Crippen LogP contribution in [-0.4, -0.2) is 52.7 Å². The van der Waals surface area contributed by atoms with E-state index >= 15 is 0 Å². The van der Waals surface area contributed by atoms with Crippen LogP contribution in [0.4, 0.5) is 0 Å². The maximum absolute atomic E-state index is 12.5. The van der Waals surface area contributed by atoms with Gasteiger partial charge >= 0.3 is 29.6 Å². The van der Waals surface area contributed by atoms with Crippen LogP contribution in [0.3, 0.4) is 0 Å². The number of rotatable bonds is 5. The monoisotopic (exact) mass is 379 g/mol. The zero-order chi connectivity index (χ0) is 17.7. The minimum absolute atomic E-state index is 0. The molecule has 3 atom stereocenters. The molecule has 1 aromatic rings. The fraction of sp³-hybridized carbons (Fsp3) is 0.538. The first-order valence-electron chi connectivity index (χ1n) is 7.02. The molecule has 0 N–H and O–H groups in total. The summed E-state index contributed by atoms with van der Waals surface area (Å²) in [5.41, 5.74) is 0.641. The van der Waals surface area contributed by atoms with Gasteiger partial charge in [-0.25, -0.2) is 8.42 Å². The van der Waals surface area contributed by atoms with Gasteiger partial charge in [-0.15, -0.1) is 0 Å². The summed E-state index contributed by atoms with van der Waals surface area (Å²) in [6.45, 7) is 2.80. The summed E-state index contributed by atoms with van der Waals surface area (Å²) < 4.78 is 28.1. The third-order valence-electron chi connectivity index (χ3n) is 4.23. The van der Waals surface area contributed by atoms with Gasteiger partial charge < -0.3 is 24.2 Å². The molecule has 2 aliphatic heterocycles. The van der Waals surface area contributed by atoms with Crippen molar-refractivity contribution >= 4 is 27.9 Å².